The molecule has 1 saturated heterocycles. The maximum absolute atomic E-state index is 12.7. The molecule has 1 aliphatic carbocycles. The number of halogens is 2. The topological polar surface area (TPSA) is 88.5 Å². The summed E-state index contributed by atoms with van der Waals surface area (Å²) in [7, 11) is 0. The highest BCUT2D eigenvalue weighted by atomic mass is 35.5. The van der Waals surface area contributed by atoms with Gasteiger partial charge < -0.3 is 15.2 Å². The highest BCUT2D eigenvalue weighted by Crippen LogP contribution is 2.32. The van der Waals surface area contributed by atoms with Crippen molar-refractivity contribution in [1.29, 1.82) is 0 Å². The summed E-state index contributed by atoms with van der Waals surface area (Å²) in [5, 5.41) is 3.93. The second-order valence-corrected chi connectivity index (χ2v) is 6.36. The number of nitrogens with zero attached hydrogens (tertiary/aromatic N) is 4. The van der Waals surface area contributed by atoms with E-state index in [1.54, 1.807) is 6.92 Å². The van der Waals surface area contributed by atoms with Crippen LogP contribution in [0.5, 0.6) is 0 Å². The van der Waals surface area contributed by atoms with Gasteiger partial charge in [-0.05, 0) is 25.3 Å². The van der Waals surface area contributed by atoms with Gasteiger partial charge in [0.1, 0.15) is 0 Å². The van der Waals surface area contributed by atoms with Crippen molar-refractivity contribution < 1.29 is 9.32 Å². The van der Waals surface area contributed by atoms with E-state index in [1.165, 1.54) is 0 Å². The number of amides is 1. The smallest absolute Gasteiger partial charge is 0.226 e. The summed E-state index contributed by atoms with van der Waals surface area (Å²) < 4.78 is 4.99. The van der Waals surface area contributed by atoms with Crippen LogP contribution in [0.15, 0.2) is 4.52 Å². The second kappa shape index (κ2) is 9.56. The van der Waals surface area contributed by atoms with Gasteiger partial charge >= 0.3 is 0 Å². The Morgan fingerprint density at radius 1 is 1.25 bits per heavy atom. The van der Waals surface area contributed by atoms with E-state index in [9.17, 15) is 4.79 Å². The van der Waals surface area contributed by atoms with Crippen LogP contribution in [-0.2, 0) is 11.3 Å². The summed E-state index contributed by atoms with van der Waals surface area (Å²) in [5.74, 6) is 2.15. The molecule has 0 unspecified atom stereocenters. The summed E-state index contributed by atoms with van der Waals surface area (Å²) in [6.45, 7) is 6.40. The summed E-state index contributed by atoms with van der Waals surface area (Å²) in [4.78, 5) is 21.2. The fourth-order valence-electron chi connectivity index (χ4n) is 3.61. The fraction of sp³-hybridized carbons (Fsp3) is 0.800. The largest absolute Gasteiger partial charge is 0.340 e. The molecule has 1 aromatic heterocycles. The van der Waals surface area contributed by atoms with Crippen molar-refractivity contribution in [2.24, 2.45) is 17.6 Å². The zero-order valence-corrected chi connectivity index (χ0v) is 15.7. The molecule has 0 spiro atoms. The average Bonchev–Trinajstić information content (AvgIpc) is 3.16. The molecule has 7 nitrogen and oxygen atoms in total. The molecule has 1 amide bonds. The Labute approximate surface area is 155 Å². The van der Waals surface area contributed by atoms with E-state index >= 15 is 0 Å². The summed E-state index contributed by atoms with van der Waals surface area (Å²) in [6.07, 6.45) is 3.24. The lowest BCUT2D eigenvalue weighted by atomic mass is 9.94. The van der Waals surface area contributed by atoms with Gasteiger partial charge in [0, 0.05) is 39.0 Å². The van der Waals surface area contributed by atoms with Gasteiger partial charge in [-0.15, -0.1) is 24.8 Å². The van der Waals surface area contributed by atoms with E-state index < -0.39 is 0 Å². The van der Waals surface area contributed by atoms with Gasteiger partial charge in [-0.3, -0.25) is 9.69 Å². The third-order valence-electron chi connectivity index (χ3n) is 4.90. The zero-order chi connectivity index (χ0) is 15.5. The van der Waals surface area contributed by atoms with E-state index in [1.807, 2.05) is 4.90 Å². The molecule has 2 N–H and O–H groups in total. The minimum atomic E-state index is 0. The predicted molar refractivity (Wildman–Crippen MR) is 95.3 cm³/mol. The molecule has 1 saturated carbocycles. The van der Waals surface area contributed by atoms with Gasteiger partial charge in [0.05, 0.1) is 6.54 Å². The lowest BCUT2D eigenvalue weighted by molar-refractivity contribution is -0.138. The van der Waals surface area contributed by atoms with Crippen molar-refractivity contribution in [3.63, 3.8) is 0 Å². The van der Waals surface area contributed by atoms with E-state index in [0.29, 0.717) is 30.8 Å². The first kappa shape index (κ1) is 21.2. The molecule has 1 aromatic rings. The second-order valence-electron chi connectivity index (χ2n) is 6.36. The minimum absolute atomic E-state index is 0. The molecule has 0 aromatic carbocycles. The third-order valence-corrected chi connectivity index (χ3v) is 4.90. The summed E-state index contributed by atoms with van der Waals surface area (Å²) in [5.41, 5.74) is 5.80. The van der Waals surface area contributed by atoms with Gasteiger partial charge in [0.25, 0.3) is 0 Å². The van der Waals surface area contributed by atoms with Crippen LogP contribution in [-0.4, -0.2) is 58.6 Å². The average molecular weight is 380 g/mol. The number of nitrogens with two attached hydrogens (primary N) is 1. The molecule has 0 radical (unpaired) electrons. The van der Waals surface area contributed by atoms with E-state index in [0.717, 1.165) is 51.3 Å². The van der Waals surface area contributed by atoms with Gasteiger partial charge in [-0.1, -0.05) is 11.6 Å². The van der Waals surface area contributed by atoms with Crippen molar-refractivity contribution >= 4 is 30.7 Å². The Morgan fingerprint density at radius 3 is 2.54 bits per heavy atom. The van der Waals surface area contributed by atoms with Crippen molar-refractivity contribution in [2.45, 2.75) is 32.7 Å². The predicted octanol–water partition coefficient (Wildman–Crippen LogP) is 1.24. The standard InChI is InChI=1S/C15H25N5O2.2ClH/c1-11-17-14(18-22-11)10-19-5-7-20(8-6-19)15(21)13-4-2-3-12(13)9-16;;/h12-13H,2-10,16H2,1H3;2*1H/t12-,13-;;/m1../s1. The van der Waals surface area contributed by atoms with Gasteiger partial charge in [-0.25, -0.2) is 0 Å². The fourth-order valence-corrected chi connectivity index (χ4v) is 3.61. The first-order valence-electron chi connectivity index (χ1n) is 8.17. The minimum Gasteiger partial charge on any atom is -0.340 e. The van der Waals surface area contributed by atoms with Crippen LogP contribution >= 0.6 is 24.8 Å². The molecule has 2 aliphatic rings. The Morgan fingerprint density at radius 2 is 1.96 bits per heavy atom. The molecule has 9 heteroatoms. The number of aryl methyl sites for hydroxylation is 1. The molecule has 3 rings (SSSR count). The Balaban J connectivity index is 0.00000144. The lowest BCUT2D eigenvalue weighted by Gasteiger charge is -2.36. The molecule has 0 bridgehead atoms. The molecule has 1 aliphatic heterocycles. The van der Waals surface area contributed by atoms with Crippen LogP contribution in [0, 0.1) is 18.8 Å². The van der Waals surface area contributed by atoms with Crippen LogP contribution in [0.25, 0.3) is 0 Å². The Kier molecular flexibility index (Phi) is 8.42. The lowest BCUT2D eigenvalue weighted by Crippen LogP contribution is -2.50. The van der Waals surface area contributed by atoms with Gasteiger partial charge in [-0.2, -0.15) is 4.98 Å². The number of aromatic nitrogens is 2. The van der Waals surface area contributed by atoms with Gasteiger partial charge in [0.2, 0.25) is 11.8 Å². The van der Waals surface area contributed by atoms with Crippen LogP contribution in [0.2, 0.25) is 0 Å². The summed E-state index contributed by atoms with van der Waals surface area (Å²) in [6, 6.07) is 0. The number of carbonyl (C=O) groups excluding carboxylic acids is 1. The number of hydrogen-bond acceptors (Lipinski definition) is 6. The number of carbonyl (C=O) groups is 1. The van der Waals surface area contributed by atoms with Crippen molar-refractivity contribution in [2.75, 3.05) is 32.7 Å². The monoisotopic (exact) mass is 379 g/mol. The van der Waals surface area contributed by atoms with Crippen molar-refractivity contribution in [3.8, 4) is 0 Å². The molecule has 2 atom stereocenters. The van der Waals surface area contributed by atoms with E-state index in [4.69, 9.17) is 10.3 Å². The molecule has 138 valence electrons. The molecular formula is C15H27Cl2N5O2. The Hall–Kier alpha value is -0.890. The maximum Gasteiger partial charge on any atom is 0.226 e. The third kappa shape index (κ3) is 4.81. The van der Waals surface area contributed by atoms with Gasteiger partial charge in [0.15, 0.2) is 5.82 Å². The first-order chi connectivity index (χ1) is 10.7. The number of piperazine rings is 1. The molecule has 2 heterocycles. The highest BCUT2D eigenvalue weighted by Gasteiger charge is 2.35. The zero-order valence-electron chi connectivity index (χ0n) is 14.0. The quantitative estimate of drug-likeness (QED) is 0.846. The molecule has 2 fully saturated rings. The van der Waals surface area contributed by atoms with Crippen LogP contribution in [0.3, 0.4) is 0 Å². The Bertz CT molecular complexity index is 520. The number of hydrogen-bond donors (Lipinski definition) is 1. The summed E-state index contributed by atoms with van der Waals surface area (Å²) >= 11 is 0. The SMILES string of the molecule is Cc1nc(CN2CCN(C(=O)[C@@H]3CCC[C@@H]3CN)CC2)no1.Cl.Cl. The molecular weight excluding hydrogens is 353 g/mol. The maximum atomic E-state index is 12.7. The first-order valence-corrected chi connectivity index (χ1v) is 8.17. The van der Waals surface area contributed by atoms with E-state index in [2.05, 4.69) is 15.0 Å². The highest BCUT2D eigenvalue weighted by molar-refractivity contribution is 5.85. The van der Waals surface area contributed by atoms with Crippen LogP contribution in [0.4, 0.5) is 0 Å². The number of rotatable bonds is 4. The molecule has 24 heavy (non-hydrogen) atoms. The van der Waals surface area contributed by atoms with Crippen molar-refractivity contribution in [1.82, 2.24) is 19.9 Å². The van der Waals surface area contributed by atoms with E-state index in [-0.39, 0.29) is 30.7 Å². The van der Waals surface area contributed by atoms with Crippen LogP contribution < -0.4 is 5.73 Å². The normalized spacial score (nSPS) is 24.3. The van der Waals surface area contributed by atoms with Crippen LogP contribution in [0.1, 0.15) is 31.0 Å². The van der Waals surface area contributed by atoms with Crippen molar-refractivity contribution in [3.05, 3.63) is 11.7 Å².